The molecule has 0 aliphatic carbocycles. The molecule has 0 atom stereocenters. The van der Waals surface area contributed by atoms with Crippen LogP contribution in [0.2, 0.25) is 0 Å². The van der Waals surface area contributed by atoms with Gasteiger partial charge in [0, 0.05) is 43.4 Å². The smallest absolute Gasteiger partial charge is 0.0640 e. The van der Waals surface area contributed by atoms with Crippen molar-refractivity contribution in [3.05, 3.63) is 121 Å². The van der Waals surface area contributed by atoms with Crippen molar-refractivity contribution in [2.75, 3.05) is 0 Å². The number of rotatable bonds is 2. The van der Waals surface area contributed by atoms with E-state index in [9.17, 15) is 0 Å². The zero-order valence-electron chi connectivity index (χ0n) is 19.8. The first-order valence-electron chi connectivity index (χ1n) is 12.6. The van der Waals surface area contributed by atoms with E-state index in [2.05, 4.69) is 130 Å². The summed E-state index contributed by atoms with van der Waals surface area (Å²) >= 11 is 1.89. The lowest BCUT2D eigenvalue weighted by Crippen LogP contribution is -1.93. The Morgan fingerprint density at radius 1 is 0.486 bits per heavy atom. The highest BCUT2D eigenvalue weighted by atomic mass is 32.1. The summed E-state index contributed by atoms with van der Waals surface area (Å²) in [4.78, 5) is 0. The standard InChI is InChI=1S/C34H20N2S/c1-2-9-21(10-3-1)22-19-30-25-13-7-15-27-32(25)33-26(35(30)20-22)14-8-16-28(33)36(27)29-17-6-12-24-23-11-4-5-18-31(23)37-34(24)29/h1-20H. The molecular formula is C34H20N2S. The van der Waals surface area contributed by atoms with Crippen molar-refractivity contribution in [2.24, 2.45) is 0 Å². The van der Waals surface area contributed by atoms with E-state index in [1.165, 1.54) is 75.2 Å². The van der Waals surface area contributed by atoms with Gasteiger partial charge in [0.2, 0.25) is 0 Å². The summed E-state index contributed by atoms with van der Waals surface area (Å²) in [5.74, 6) is 0. The van der Waals surface area contributed by atoms with Gasteiger partial charge in [0.25, 0.3) is 0 Å². The fourth-order valence-corrected chi connectivity index (χ4v) is 7.54. The molecule has 2 nitrogen and oxygen atoms in total. The molecule has 4 heterocycles. The second kappa shape index (κ2) is 7.00. The van der Waals surface area contributed by atoms with E-state index in [0.29, 0.717) is 0 Å². The predicted molar refractivity (Wildman–Crippen MR) is 159 cm³/mol. The summed E-state index contributed by atoms with van der Waals surface area (Å²) in [7, 11) is 0. The van der Waals surface area contributed by atoms with Gasteiger partial charge in [-0.3, -0.25) is 0 Å². The number of aromatic nitrogens is 2. The van der Waals surface area contributed by atoms with Gasteiger partial charge >= 0.3 is 0 Å². The minimum atomic E-state index is 1.25. The van der Waals surface area contributed by atoms with Gasteiger partial charge in [-0.15, -0.1) is 11.3 Å². The molecule has 0 spiro atoms. The highest BCUT2D eigenvalue weighted by molar-refractivity contribution is 7.26. The first-order chi connectivity index (χ1) is 18.4. The highest BCUT2D eigenvalue weighted by Gasteiger charge is 2.21. The van der Waals surface area contributed by atoms with Crippen LogP contribution in [-0.4, -0.2) is 8.97 Å². The van der Waals surface area contributed by atoms with Crippen molar-refractivity contribution in [3.8, 4) is 16.8 Å². The maximum atomic E-state index is 2.49. The van der Waals surface area contributed by atoms with E-state index in [1.807, 2.05) is 11.3 Å². The van der Waals surface area contributed by atoms with Crippen LogP contribution in [0.3, 0.4) is 0 Å². The molecule has 5 aromatic carbocycles. The molecular weight excluding hydrogens is 468 g/mol. The fraction of sp³-hybridized carbons (Fsp3) is 0. The summed E-state index contributed by atoms with van der Waals surface area (Å²) in [6.45, 7) is 0. The minimum absolute atomic E-state index is 1.25. The van der Waals surface area contributed by atoms with Crippen molar-refractivity contribution < 1.29 is 0 Å². The Labute approximate surface area is 216 Å². The van der Waals surface area contributed by atoms with Crippen molar-refractivity contribution in [2.45, 2.75) is 0 Å². The SMILES string of the molecule is c1ccc(-c2cc3c4cccc5c4c4c(cccc4n3c2)n5-c2cccc3c2sc2ccccc23)cc1. The monoisotopic (exact) mass is 488 g/mol. The molecule has 0 radical (unpaired) electrons. The molecule has 0 bridgehead atoms. The summed E-state index contributed by atoms with van der Waals surface area (Å²) in [6.07, 6.45) is 2.30. The van der Waals surface area contributed by atoms with Gasteiger partial charge < -0.3 is 8.97 Å². The van der Waals surface area contributed by atoms with E-state index >= 15 is 0 Å². The highest BCUT2D eigenvalue weighted by Crippen LogP contribution is 2.44. The van der Waals surface area contributed by atoms with Crippen LogP contribution >= 0.6 is 11.3 Å². The third-order valence-corrected chi connectivity index (χ3v) is 9.09. The second-order valence-corrected chi connectivity index (χ2v) is 10.9. The fourth-order valence-electron chi connectivity index (χ4n) is 6.33. The van der Waals surface area contributed by atoms with Crippen LogP contribution in [-0.2, 0) is 0 Å². The molecule has 0 saturated carbocycles. The summed E-state index contributed by atoms with van der Waals surface area (Å²) in [5.41, 5.74) is 8.77. The zero-order chi connectivity index (χ0) is 24.1. The van der Waals surface area contributed by atoms with Gasteiger partial charge in [-0.1, -0.05) is 78.9 Å². The molecule has 0 amide bonds. The third-order valence-electron chi connectivity index (χ3n) is 7.88. The van der Waals surface area contributed by atoms with Crippen molar-refractivity contribution >= 4 is 69.7 Å². The van der Waals surface area contributed by atoms with E-state index in [4.69, 9.17) is 0 Å². The van der Waals surface area contributed by atoms with Gasteiger partial charge in [0.15, 0.2) is 0 Å². The van der Waals surface area contributed by atoms with Crippen molar-refractivity contribution in [1.29, 1.82) is 0 Å². The molecule has 3 heteroatoms. The molecule has 172 valence electrons. The number of thiophene rings is 1. The first kappa shape index (κ1) is 19.6. The molecule has 0 saturated heterocycles. The molecule has 0 aliphatic rings. The van der Waals surface area contributed by atoms with Gasteiger partial charge in [0.05, 0.1) is 32.5 Å². The predicted octanol–water partition coefficient (Wildman–Crippen LogP) is 9.66. The minimum Gasteiger partial charge on any atom is -0.315 e. The second-order valence-electron chi connectivity index (χ2n) is 9.81. The zero-order valence-corrected chi connectivity index (χ0v) is 20.7. The maximum Gasteiger partial charge on any atom is 0.0640 e. The molecule has 9 aromatic rings. The van der Waals surface area contributed by atoms with Crippen LogP contribution in [0.25, 0.3) is 75.2 Å². The maximum absolute atomic E-state index is 2.49. The van der Waals surface area contributed by atoms with Crippen LogP contribution in [0, 0.1) is 0 Å². The number of pyridine rings is 1. The van der Waals surface area contributed by atoms with Gasteiger partial charge in [-0.2, -0.15) is 0 Å². The number of fused-ring (bicyclic) bond motifs is 6. The molecule has 4 aromatic heterocycles. The molecule has 0 N–H and O–H groups in total. The summed E-state index contributed by atoms with van der Waals surface area (Å²) in [6, 6.07) is 42.0. The van der Waals surface area contributed by atoms with E-state index in [1.54, 1.807) is 0 Å². The molecule has 0 fully saturated rings. The van der Waals surface area contributed by atoms with Crippen molar-refractivity contribution in [3.63, 3.8) is 0 Å². The number of hydrogen-bond donors (Lipinski definition) is 0. The Kier molecular flexibility index (Phi) is 3.70. The Balaban J connectivity index is 1.45. The molecule has 0 aliphatic heterocycles. The normalized spacial score (nSPS) is 12.3. The Hall–Kier alpha value is -4.60. The molecule has 0 unspecified atom stereocenters. The average molecular weight is 489 g/mol. The summed E-state index contributed by atoms with van der Waals surface area (Å²) < 4.78 is 7.54. The largest absolute Gasteiger partial charge is 0.315 e. The average Bonchev–Trinajstić information content (AvgIpc) is 3.66. The lowest BCUT2D eigenvalue weighted by molar-refractivity contribution is 1.20. The van der Waals surface area contributed by atoms with Crippen LogP contribution < -0.4 is 0 Å². The van der Waals surface area contributed by atoms with E-state index in [-0.39, 0.29) is 0 Å². The summed E-state index contributed by atoms with van der Waals surface area (Å²) in [5, 5.41) is 6.63. The van der Waals surface area contributed by atoms with E-state index in [0.717, 1.165) is 0 Å². The Bertz CT molecular complexity index is 2210. The van der Waals surface area contributed by atoms with Crippen LogP contribution in [0.15, 0.2) is 121 Å². The van der Waals surface area contributed by atoms with Crippen molar-refractivity contribution in [1.82, 2.24) is 8.97 Å². The third kappa shape index (κ3) is 2.49. The molecule has 9 rings (SSSR count). The Morgan fingerprint density at radius 3 is 2.11 bits per heavy atom. The van der Waals surface area contributed by atoms with E-state index < -0.39 is 0 Å². The van der Waals surface area contributed by atoms with Gasteiger partial charge in [-0.05, 0) is 42.0 Å². The van der Waals surface area contributed by atoms with Gasteiger partial charge in [0.1, 0.15) is 0 Å². The van der Waals surface area contributed by atoms with Crippen LogP contribution in [0.4, 0.5) is 0 Å². The quantitative estimate of drug-likeness (QED) is 0.214. The van der Waals surface area contributed by atoms with Gasteiger partial charge in [-0.25, -0.2) is 0 Å². The first-order valence-corrected chi connectivity index (χ1v) is 13.4. The van der Waals surface area contributed by atoms with Crippen LogP contribution in [0.1, 0.15) is 0 Å². The lowest BCUT2D eigenvalue weighted by Gasteiger charge is -2.09. The molecule has 37 heavy (non-hydrogen) atoms. The number of benzene rings is 5. The Morgan fingerprint density at radius 2 is 1.19 bits per heavy atom. The number of nitrogens with zero attached hydrogens (tertiary/aromatic N) is 2. The topological polar surface area (TPSA) is 9.34 Å². The van der Waals surface area contributed by atoms with Crippen LogP contribution in [0.5, 0.6) is 0 Å². The lowest BCUT2D eigenvalue weighted by atomic mass is 10.0. The number of hydrogen-bond acceptors (Lipinski definition) is 1.